The maximum absolute atomic E-state index is 9.15. The summed E-state index contributed by atoms with van der Waals surface area (Å²) in [4.78, 5) is 4.24. The summed E-state index contributed by atoms with van der Waals surface area (Å²) in [6.07, 6.45) is 3.49. The summed E-state index contributed by atoms with van der Waals surface area (Å²) in [5.74, 6) is 1.09. The van der Waals surface area contributed by atoms with Gasteiger partial charge in [-0.15, -0.1) is 0 Å². The molecule has 1 heterocycles. The molecule has 0 aliphatic heterocycles. The zero-order valence-corrected chi connectivity index (χ0v) is 14.1. The molecule has 0 spiro atoms. The van der Waals surface area contributed by atoms with Crippen LogP contribution >= 0.6 is 15.9 Å². The lowest BCUT2D eigenvalue weighted by Gasteiger charge is -2.05. The van der Waals surface area contributed by atoms with E-state index in [1.54, 1.807) is 6.21 Å². The van der Waals surface area contributed by atoms with E-state index in [-0.39, 0.29) is 17.5 Å². The highest BCUT2D eigenvalue weighted by Crippen LogP contribution is 2.27. The number of hydrogen-bond acceptors (Lipinski definition) is 5. The monoisotopic (exact) mass is 360 g/mol. The first-order valence-corrected chi connectivity index (χ1v) is 7.93. The van der Waals surface area contributed by atoms with Crippen LogP contribution in [0.2, 0.25) is 0 Å². The standard InChI is InChI=1S/C16H17BrN4O/c1-3-11(4-2)15-20-14(9-18)16(22-15)21-19-10-12-7-5-6-8-13(12)17/h5-8,10-11,21H,3-4H2,1-2H3. The van der Waals surface area contributed by atoms with Crippen LogP contribution < -0.4 is 5.43 Å². The van der Waals surface area contributed by atoms with Crippen molar-refractivity contribution in [1.82, 2.24) is 4.98 Å². The lowest BCUT2D eigenvalue weighted by Crippen LogP contribution is -1.95. The van der Waals surface area contributed by atoms with Gasteiger partial charge in [-0.05, 0) is 18.9 Å². The van der Waals surface area contributed by atoms with Gasteiger partial charge < -0.3 is 4.42 Å². The SMILES string of the molecule is CCC(CC)c1nc(C#N)c(NN=Cc2ccccc2Br)o1. The minimum atomic E-state index is 0.217. The third-order valence-corrected chi connectivity index (χ3v) is 4.08. The third-order valence-electron chi connectivity index (χ3n) is 3.36. The van der Waals surface area contributed by atoms with Gasteiger partial charge in [-0.25, -0.2) is 10.4 Å². The van der Waals surface area contributed by atoms with Gasteiger partial charge in [-0.1, -0.05) is 48.0 Å². The van der Waals surface area contributed by atoms with Crippen LogP contribution in [0.15, 0.2) is 38.3 Å². The van der Waals surface area contributed by atoms with E-state index in [2.05, 4.69) is 45.3 Å². The number of nitrogens with one attached hydrogen (secondary N) is 1. The minimum Gasteiger partial charge on any atom is -0.422 e. The first kappa shape index (κ1) is 16.2. The third kappa shape index (κ3) is 3.74. The van der Waals surface area contributed by atoms with Gasteiger partial charge in [0, 0.05) is 16.0 Å². The molecular formula is C16H17BrN4O. The number of nitrogens with zero attached hydrogens (tertiary/aromatic N) is 3. The highest BCUT2D eigenvalue weighted by Gasteiger charge is 2.18. The van der Waals surface area contributed by atoms with Crippen LogP contribution in [0.1, 0.15) is 49.8 Å². The van der Waals surface area contributed by atoms with E-state index in [0.29, 0.717) is 5.89 Å². The Bertz CT molecular complexity index is 698. The summed E-state index contributed by atoms with van der Waals surface area (Å²) in [6.45, 7) is 4.14. The van der Waals surface area contributed by atoms with Crippen molar-refractivity contribution in [3.05, 3.63) is 45.9 Å². The molecule has 0 radical (unpaired) electrons. The highest BCUT2D eigenvalue weighted by molar-refractivity contribution is 9.10. The molecule has 0 aliphatic carbocycles. The zero-order chi connectivity index (χ0) is 15.9. The fourth-order valence-corrected chi connectivity index (χ4v) is 2.43. The van der Waals surface area contributed by atoms with Gasteiger partial charge in [0.2, 0.25) is 11.6 Å². The molecule has 5 nitrogen and oxygen atoms in total. The number of nitriles is 1. The Morgan fingerprint density at radius 2 is 2.14 bits per heavy atom. The number of rotatable bonds is 6. The molecule has 0 bridgehead atoms. The molecule has 1 aromatic heterocycles. The van der Waals surface area contributed by atoms with Crippen LogP contribution in [0, 0.1) is 11.3 Å². The average molecular weight is 361 g/mol. The van der Waals surface area contributed by atoms with Gasteiger partial charge in [-0.2, -0.15) is 10.4 Å². The maximum Gasteiger partial charge on any atom is 0.252 e. The first-order valence-electron chi connectivity index (χ1n) is 7.14. The van der Waals surface area contributed by atoms with Crippen LogP contribution in [0.4, 0.5) is 5.88 Å². The number of hydrazone groups is 1. The van der Waals surface area contributed by atoms with Crippen molar-refractivity contribution in [3.63, 3.8) is 0 Å². The minimum absolute atomic E-state index is 0.217. The summed E-state index contributed by atoms with van der Waals surface area (Å²) in [5, 5.41) is 13.3. The predicted octanol–water partition coefficient (Wildman–Crippen LogP) is 4.66. The number of oxazole rings is 1. The Morgan fingerprint density at radius 1 is 1.41 bits per heavy atom. The molecule has 1 N–H and O–H groups in total. The van der Waals surface area contributed by atoms with E-state index in [1.807, 2.05) is 30.3 Å². The lowest BCUT2D eigenvalue weighted by molar-refractivity contribution is 0.439. The lowest BCUT2D eigenvalue weighted by atomic mass is 10.0. The summed E-state index contributed by atoms with van der Waals surface area (Å²) < 4.78 is 6.59. The van der Waals surface area contributed by atoms with Crippen molar-refractivity contribution in [3.8, 4) is 6.07 Å². The van der Waals surface area contributed by atoms with E-state index in [0.717, 1.165) is 22.9 Å². The van der Waals surface area contributed by atoms with E-state index in [1.165, 1.54) is 0 Å². The Hall–Kier alpha value is -2.13. The van der Waals surface area contributed by atoms with Gasteiger partial charge in [0.15, 0.2) is 0 Å². The van der Waals surface area contributed by atoms with Crippen LogP contribution in [0.25, 0.3) is 0 Å². The second kappa shape index (κ2) is 7.76. The summed E-state index contributed by atoms with van der Waals surface area (Å²) in [5.41, 5.74) is 3.91. The van der Waals surface area contributed by atoms with Crippen LogP contribution in [-0.4, -0.2) is 11.2 Å². The molecule has 0 saturated heterocycles. The molecule has 6 heteroatoms. The fourth-order valence-electron chi connectivity index (χ4n) is 2.04. The Morgan fingerprint density at radius 3 is 2.77 bits per heavy atom. The quantitative estimate of drug-likeness (QED) is 0.600. The molecule has 22 heavy (non-hydrogen) atoms. The van der Waals surface area contributed by atoms with Crippen molar-refractivity contribution < 1.29 is 4.42 Å². The average Bonchev–Trinajstić information content (AvgIpc) is 2.93. The normalized spacial score (nSPS) is 11.0. The van der Waals surface area contributed by atoms with E-state index >= 15 is 0 Å². The van der Waals surface area contributed by atoms with Crippen molar-refractivity contribution in [2.24, 2.45) is 5.10 Å². The Labute approximate surface area is 138 Å². The number of hydrogen-bond donors (Lipinski definition) is 1. The molecule has 2 aromatic rings. The largest absolute Gasteiger partial charge is 0.422 e. The van der Waals surface area contributed by atoms with Gasteiger partial charge >= 0.3 is 0 Å². The number of anilines is 1. The summed E-state index contributed by atoms with van der Waals surface area (Å²) in [7, 11) is 0. The number of aromatic nitrogens is 1. The molecular weight excluding hydrogens is 344 g/mol. The van der Waals surface area contributed by atoms with Gasteiger partial charge in [0.05, 0.1) is 6.21 Å². The van der Waals surface area contributed by atoms with E-state index < -0.39 is 0 Å². The molecule has 0 fully saturated rings. The number of benzene rings is 1. The van der Waals surface area contributed by atoms with E-state index in [4.69, 9.17) is 9.68 Å². The van der Waals surface area contributed by atoms with Gasteiger partial charge in [0.25, 0.3) is 5.88 Å². The van der Waals surface area contributed by atoms with Crippen molar-refractivity contribution in [2.45, 2.75) is 32.6 Å². The maximum atomic E-state index is 9.15. The molecule has 1 aromatic carbocycles. The Balaban J connectivity index is 2.16. The summed E-state index contributed by atoms with van der Waals surface area (Å²) >= 11 is 3.45. The zero-order valence-electron chi connectivity index (χ0n) is 12.5. The molecule has 2 rings (SSSR count). The molecule has 0 aliphatic rings. The topological polar surface area (TPSA) is 74.2 Å². The molecule has 114 valence electrons. The van der Waals surface area contributed by atoms with Crippen molar-refractivity contribution in [1.29, 1.82) is 5.26 Å². The molecule has 0 saturated carbocycles. The Kier molecular flexibility index (Phi) is 5.73. The van der Waals surface area contributed by atoms with E-state index in [9.17, 15) is 0 Å². The molecule has 0 amide bonds. The fraction of sp³-hybridized carbons (Fsp3) is 0.312. The van der Waals surface area contributed by atoms with Gasteiger partial charge in [-0.3, -0.25) is 0 Å². The number of halogens is 1. The second-order valence-electron chi connectivity index (χ2n) is 4.75. The van der Waals surface area contributed by atoms with Crippen LogP contribution in [-0.2, 0) is 0 Å². The van der Waals surface area contributed by atoms with Crippen molar-refractivity contribution >= 4 is 28.0 Å². The van der Waals surface area contributed by atoms with Crippen LogP contribution in [0.3, 0.4) is 0 Å². The predicted molar refractivity (Wildman–Crippen MR) is 89.9 cm³/mol. The highest BCUT2D eigenvalue weighted by atomic mass is 79.9. The van der Waals surface area contributed by atoms with Gasteiger partial charge in [0.1, 0.15) is 6.07 Å². The molecule has 0 atom stereocenters. The van der Waals surface area contributed by atoms with Crippen LogP contribution in [0.5, 0.6) is 0 Å². The molecule has 0 unspecified atom stereocenters. The van der Waals surface area contributed by atoms with Crippen molar-refractivity contribution in [2.75, 3.05) is 5.43 Å². The summed E-state index contributed by atoms with van der Waals surface area (Å²) in [6, 6.07) is 9.74. The smallest absolute Gasteiger partial charge is 0.252 e. The second-order valence-corrected chi connectivity index (χ2v) is 5.60. The first-order chi connectivity index (χ1) is 10.7.